The van der Waals surface area contributed by atoms with Gasteiger partial charge >= 0.3 is 0 Å². The summed E-state index contributed by atoms with van der Waals surface area (Å²) >= 11 is 0. The molecule has 1 saturated heterocycles. The van der Waals surface area contributed by atoms with Crippen LogP contribution in [-0.2, 0) is 16.1 Å². The normalized spacial score (nSPS) is 15.0. The standard InChI is InChI=1S/C16H25N3O3.CH2O2/c1-12(19-9-3-4-10-19)5-8-15(20)18-11-13-6-7-14(22-13)16(21)17-2;2-1-3/h6-7,12H,3-5,8-11H2,1-2H3,(H,17,21)(H,18,20);1H,(H,2,3). The minimum absolute atomic E-state index is 0.0175. The maximum absolute atomic E-state index is 11.9. The predicted molar refractivity (Wildman–Crippen MR) is 92.1 cm³/mol. The Hall–Kier alpha value is -2.35. The molecule has 1 aliphatic heterocycles. The molecule has 140 valence electrons. The fraction of sp³-hybridized carbons (Fsp3) is 0.588. The highest BCUT2D eigenvalue weighted by Gasteiger charge is 2.18. The molecule has 2 amide bonds. The number of carboxylic acid groups (broad SMARTS) is 1. The fourth-order valence-electron chi connectivity index (χ4n) is 2.70. The van der Waals surface area contributed by atoms with E-state index in [1.807, 2.05) is 0 Å². The van der Waals surface area contributed by atoms with E-state index in [-0.39, 0.29) is 24.0 Å². The van der Waals surface area contributed by atoms with Crippen molar-refractivity contribution in [2.24, 2.45) is 0 Å². The highest BCUT2D eigenvalue weighted by Crippen LogP contribution is 2.15. The fourth-order valence-corrected chi connectivity index (χ4v) is 2.70. The van der Waals surface area contributed by atoms with Gasteiger partial charge in [-0.05, 0) is 51.4 Å². The molecular weight excluding hydrogens is 326 g/mol. The van der Waals surface area contributed by atoms with Gasteiger partial charge in [0.15, 0.2) is 5.76 Å². The van der Waals surface area contributed by atoms with Crippen molar-refractivity contribution in [3.8, 4) is 0 Å². The van der Waals surface area contributed by atoms with Crippen molar-refractivity contribution >= 4 is 18.3 Å². The quantitative estimate of drug-likeness (QED) is 0.636. The molecular formula is C17H27N3O5. The molecule has 25 heavy (non-hydrogen) atoms. The Morgan fingerprint density at radius 3 is 2.60 bits per heavy atom. The first-order valence-electron chi connectivity index (χ1n) is 8.41. The number of rotatable bonds is 7. The molecule has 0 spiro atoms. The molecule has 2 heterocycles. The third-order valence-corrected chi connectivity index (χ3v) is 4.13. The molecule has 1 atom stereocenters. The van der Waals surface area contributed by atoms with Crippen molar-refractivity contribution < 1.29 is 23.9 Å². The zero-order valence-electron chi connectivity index (χ0n) is 14.8. The lowest BCUT2D eigenvalue weighted by atomic mass is 10.1. The molecule has 0 radical (unpaired) electrons. The van der Waals surface area contributed by atoms with Gasteiger partial charge in [0, 0.05) is 19.5 Å². The van der Waals surface area contributed by atoms with Crippen molar-refractivity contribution in [3.05, 3.63) is 23.7 Å². The summed E-state index contributed by atoms with van der Waals surface area (Å²) in [6.45, 7) is 4.55. The van der Waals surface area contributed by atoms with Gasteiger partial charge in [0.25, 0.3) is 12.4 Å². The lowest BCUT2D eigenvalue weighted by Crippen LogP contribution is -2.32. The van der Waals surface area contributed by atoms with Gasteiger partial charge < -0.3 is 25.1 Å². The monoisotopic (exact) mass is 353 g/mol. The van der Waals surface area contributed by atoms with Gasteiger partial charge in [0.2, 0.25) is 5.91 Å². The largest absolute Gasteiger partial charge is 0.483 e. The number of nitrogens with zero attached hydrogens (tertiary/aromatic N) is 1. The second-order valence-corrected chi connectivity index (χ2v) is 5.86. The third kappa shape index (κ3) is 7.38. The van der Waals surface area contributed by atoms with E-state index in [0.29, 0.717) is 24.8 Å². The zero-order chi connectivity index (χ0) is 18.7. The molecule has 0 bridgehead atoms. The van der Waals surface area contributed by atoms with Crippen LogP contribution in [-0.4, -0.2) is 54.5 Å². The van der Waals surface area contributed by atoms with Gasteiger partial charge in [-0.15, -0.1) is 0 Å². The summed E-state index contributed by atoms with van der Waals surface area (Å²) in [5, 5.41) is 12.2. The highest BCUT2D eigenvalue weighted by atomic mass is 16.4. The number of likely N-dealkylation sites (tertiary alicyclic amines) is 1. The Kier molecular flexibility index (Phi) is 9.31. The molecule has 3 N–H and O–H groups in total. The van der Waals surface area contributed by atoms with Crippen molar-refractivity contribution in [1.29, 1.82) is 0 Å². The Bertz CT molecular complexity index is 552. The summed E-state index contributed by atoms with van der Waals surface area (Å²) < 4.78 is 5.36. The van der Waals surface area contributed by atoms with Gasteiger partial charge in [-0.1, -0.05) is 0 Å². The molecule has 0 aliphatic carbocycles. The first-order valence-corrected chi connectivity index (χ1v) is 8.41. The van der Waals surface area contributed by atoms with E-state index in [0.717, 1.165) is 19.5 Å². The van der Waals surface area contributed by atoms with Crippen LogP contribution in [0.3, 0.4) is 0 Å². The number of carbonyl (C=O) groups is 3. The first kappa shape index (κ1) is 20.7. The maximum Gasteiger partial charge on any atom is 0.290 e. The smallest absolute Gasteiger partial charge is 0.290 e. The molecule has 0 aromatic carbocycles. The SMILES string of the molecule is CNC(=O)c1ccc(CNC(=O)CCC(C)N2CCCC2)o1.O=CO. The van der Waals surface area contributed by atoms with E-state index in [2.05, 4.69) is 22.5 Å². The summed E-state index contributed by atoms with van der Waals surface area (Å²) in [6, 6.07) is 3.77. The number of nitrogens with one attached hydrogen (secondary N) is 2. The van der Waals surface area contributed by atoms with E-state index in [9.17, 15) is 9.59 Å². The van der Waals surface area contributed by atoms with Crippen LogP contribution in [0.5, 0.6) is 0 Å². The summed E-state index contributed by atoms with van der Waals surface area (Å²) in [6.07, 6.45) is 3.92. The topological polar surface area (TPSA) is 112 Å². The molecule has 1 fully saturated rings. The number of carbonyl (C=O) groups excluding carboxylic acids is 2. The predicted octanol–water partition coefficient (Wildman–Crippen LogP) is 1.22. The first-order chi connectivity index (χ1) is 12.0. The highest BCUT2D eigenvalue weighted by molar-refractivity contribution is 5.91. The van der Waals surface area contributed by atoms with Crippen molar-refractivity contribution in [1.82, 2.24) is 15.5 Å². The van der Waals surface area contributed by atoms with E-state index in [1.54, 1.807) is 19.2 Å². The van der Waals surface area contributed by atoms with Crippen LogP contribution in [0.2, 0.25) is 0 Å². The minimum Gasteiger partial charge on any atom is -0.483 e. The molecule has 1 aliphatic rings. The van der Waals surface area contributed by atoms with Crippen LogP contribution in [0.25, 0.3) is 0 Å². The number of hydrogen-bond acceptors (Lipinski definition) is 5. The Balaban J connectivity index is 0.000000970. The van der Waals surface area contributed by atoms with Gasteiger partial charge in [-0.2, -0.15) is 0 Å². The average Bonchev–Trinajstić information content (AvgIpc) is 3.29. The van der Waals surface area contributed by atoms with E-state index < -0.39 is 0 Å². The summed E-state index contributed by atoms with van der Waals surface area (Å²) in [5.41, 5.74) is 0. The third-order valence-electron chi connectivity index (χ3n) is 4.13. The Morgan fingerprint density at radius 1 is 1.36 bits per heavy atom. The Morgan fingerprint density at radius 2 is 2.00 bits per heavy atom. The molecule has 1 aromatic rings. The minimum atomic E-state index is -0.267. The van der Waals surface area contributed by atoms with Crippen LogP contribution in [0.1, 0.15) is 48.9 Å². The molecule has 0 saturated carbocycles. The molecule has 2 rings (SSSR count). The number of furan rings is 1. The zero-order valence-corrected chi connectivity index (χ0v) is 14.8. The van der Waals surface area contributed by atoms with E-state index in [1.165, 1.54) is 12.8 Å². The number of amides is 2. The Labute approximate surface area is 147 Å². The summed E-state index contributed by atoms with van der Waals surface area (Å²) in [4.78, 5) is 34.1. The van der Waals surface area contributed by atoms with Crippen molar-refractivity contribution in [2.75, 3.05) is 20.1 Å². The summed E-state index contributed by atoms with van der Waals surface area (Å²) in [5.74, 6) is 0.593. The van der Waals surface area contributed by atoms with Crippen molar-refractivity contribution in [3.63, 3.8) is 0 Å². The van der Waals surface area contributed by atoms with E-state index >= 15 is 0 Å². The van der Waals surface area contributed by atoms with Crippen LogP contribution >= 0.6 is 0 Å². The van der Waals surface area contributed by atoms with Crippen LogP contribution in [0.4, 0.5) is 0 Å². The van der Waals surface area contributed by atoms with Gasteiger partial charge in [0.05, 0.1) is 6.54 Å². The molecule has 8 heteroatoms. The van der Waals surface area contributed by atoms with Gasteiger partial charge in [-0.25, -0.2) is 0 Å². The van der Waals surface area contributed by atoms with Crippen LogP contribution in [0, 0.1) is 0 Å². The van der Waals surface area contributed by atoms with Crippen LogP contribution in [0.15, 0.2) is 16.5 Å². The van der Waals surface area contributed by atoms with Crippen LogP contribution < -0.4 is 10.6 Å². The second kappa shape index (κ2) is 11.2. The van der Waals surface area contributed by atoms with Crippen molar-refractivity contribution in [2.45, 2.75) is 45.2 Å². The maximum atomic E-state index is 11.9. The summed E-state index contributed by atoms with van der Waals surface area (Å²) in [7, 11) is 1.55. The lowest BCUT2D eigenvalue weighted by Gasteiger charge is -2.23. The average molecular weight is 353 g/mol. The molecule has 1 unspecified atom stereocenters. The van der Waals surface area contributed by atoms with E-state index in [4.69, 9.17) is 14.3 Å². The van der Waals surface area contributed by atoms with Gasteiger partial charge in [-0.3, -0.25) is 14.4 Å². The number of hydrogen-bond donors (Lipinski definition) is 3. The van der Waals surface area contributed by atoms with Gasteiger partial charge in [0.1, 0.15) is 5.76 Å². The molecule has 8 nitrogen and oxygen atoms in total. The lowest BCUT2D eigenvalue weighted by molar-refractivity contribution is -0.123. The second-order valence-electron chi connectivity index (χ2n) is 5.86. The molecule has 1 aromatic heterocycles.